The first-order valence-electron chi connectivity index (χ1n) is 10.3. The molecule has 0 amide bonds. The van der Waals surface area contributed by atoms with E-state index >= 15 is 0 Å². The lowest BCUT2D eigenvalue weighted by molar-refractivity contribution is 0.0527. The highest BCUT2D eigenvalue weighted by atomic mass is 16.5. The first-order chi connectivity index (χ1) is 14.3. The number of benzene rings is 1. The Morgan fingerprint density at radius 1 is 1.21 bits per heavy atom. The average Bonchev–Trinajstić information content (AvgIpc) is 3.18. The Kier molecular flexibility index (Phi) is 5.89. The molecule has 6 nitrogen and oxygen atoms in total. The molecule has 0 unspecified atom stereocenters. The summed E-state index contributed by atoms with van der Waals surface area (Å²) in [5.41, 5.74) is 3.04. The summed E-state index contributed by atoms with van der Waals surface area (Å²) >= 11 is 0. The standard InChI is InChI=1S/C23H26N4O2/c1-2-29-23(28)20-15-24-22-19(21(20)26-18-11-7-4-8-12-18)16-25-27(22)14-13-17-9-5-3-6-10-17/h3,5-6,9-10,13-16,18H,2,4,7-8,11-12H2,1H3,(H,24,26)/b14-13+. The summed E-state index contributed by atoms with van der Waals surface area (Å²) < 4.78 is 7.00. The minimum absolute atomic E-state index is 0.332. The summed E-state index contributed by atoms with van der Waals surface area (Å²) in [5, 5.41) is 8.92. The van der Waals surface area contributed by atoms with Gasteiger partial charge in [-0.3, -0.25) is 0 Å². The Hall–Kier alpha value is -3.15. The average molecular weight is 390 g/mol. The van der Waals surface area contributed by atoms with Crippen LogP contribution in [-0.4, -0.2) is 33.4 Å². The van der Waals surface area contributed by atoms with E-state index < -0.39 is 0 Å². The van der Waals surface area contributed by atoms with Gasteiger partial charge in [0.15, 0.2) is 5.65 Å². The molecule has 0 atom stereocenters. The van der Waals surface area contributed by atoms with Gasteiger partial charge in [0.2, 0.25) is 0 Å². The molecule has 1 saturated carbocycles. The molecule has 29 heavy (non-hydrogen) atoms. The van der Waals surface area contributed by atoms with Crippen LogP contribution >= 0.6 is 0 Å². The van der Waals surface area contributed by atoms with Crippen LogP contribution in [0.5, 0.6) is 0 Å². The monoisotopic (exact) mass is 390 g/mol. The molecule has 6 heteroatoms. The van der Waals surface area contributed by atoms with Gasteiger partial charge in [0.05, 0.1) is 23.9 Å². The van der Waals surface area contributed by atoms with Gasteiger partial charge in [-0.25, -0.2) is 14.5 Å². The quantitative estimate of drug-likeness (QED) is 0.601. The van der Waals surface area contributed by atoms with Crippen molar-refractivity contribution < 1.29 is 9.53 Å². The topological polar surface area (TPSA) is 69.0 Å². The highest BCUT2D eigenvalue weighted by Crippen LogP contribution is 2.30. The molecule has 0 spiro atoms. The van der Waals surface area contributed by atoms with Crippen LogP contribution in [0.4, 0.5) is 5.69 Å². The van der Waals surface area contributed by atoms with Crippen molar-refractivity contribution in [2.75, 3.05) is 11.9 Å². The van der Waals surface area contributed by atoms with Gasteiger partial charge < -0.3 is 10.1 Å². The van der Waals surface area contributed by atoms with Crippen molar-refractivity contribution in [3.8, 4) is 0 Å². The number of fused-ring (bicyclic) bond motifs is 1. The fourth-order valence-corrected chi connectivity index (χ4v) is 3.80. The molecular weight excluding hydrogens is 364 g/mol. The summed E-state index contributed by atoms with van der Waals surface area (Å²) in [6, 6.07) is 10.4. The molecule has 2 heterocycles. The summed E-state index contributed by atoms with van der Waals surface area (Å²) in [4.78, 5) is 17.0. The number of hydrogen-bond donors (Lipinski definition) is 1. The second-order valence-electron chi connectivity index (χ2n) is 7.30. The molecular formula is C23H26N4O2. The SMILES string of the molecule is CCOC(=O)c1cnc2c(cnn2/C=C/c2ccccc2)c1NC1CCCCC1. The Balaban J connectivity index is 1.71. The van der Waals surface area contributed by atoms with Crippen molar-refractivity contribution in [1.82, 2.24) is 14.8 Å². The lowest BCUT2D eigenvalue weighted by Gasteiger charge is -2.25. The number of hydrogen-bond acceptors (Lipinski definition) is 5. The van der Waals surface area contributed by atoms with E-state index in [1.807, 2.05) is 49.5 Å². The fourth-order valence-electron chi connectivity index (χ4n) is 3.80. The van der Waals surface area contributed by atoms with Crippen molar-refractivity contribution in [1.29, 1.82) is 0 Å². The van der Waals surface area contributed by atoms with Crippen LogP contribution in [0.15, 0.2) is 42.7 Å². The Labute approximate surface area is 170 Å². The summed E-state index contributed by atoms with van der Waals surface area (Å²) in [7, 11) is 0. The van der Waals surface area contributed by atoms with Crippen LogP contribution in [0.1, 0.15) is 54.9 Å². The number of aromatic nitrogens is 3. The van der Waals surface area contributed by atoms with E-state index in [2.05, 4.69) is 15.4 Å². The second kappa shape index (κ2) is 8.90. The molecule has 1 aliphatic rings. The molecule has 1 aliphatic carbocycles. The number of esters is 1. The Morgan fingerprint density at radius 2 is 2.00 bits per heavy atom. The van der Waals surface area contributed by atoms with Gasteiger partial charge in [0, 0.05) is 18.4 Å². The highest BCUT2D eigenvalue weighted by molar-refractivity contribution is 6.04. The zero-order valence-electron chi connectivity index (χ0n) is 16.7. The molecule has 150 valence electrons. The third-order valence-corrected chi connectivity index (χ3v) is 5.28. The predicted octanol–water partition coefficient (Wildman–Crippen LogP) is 4.98. The van der Waals surface area contributed by atoms with Crippen LogP contribution in [-0.2, 0) is 4.74 Å². The minimum atomic E-state index is -0.354. The summed E-state index contributed by atoms with van der Waals surface area (Å²) in [6.07, 6.45) is 13.1. The zero-order valence-corrected chi connectivity index (χ0v) is 16.7. The number of nitrogens with zero attached hydrogens (tertiary/aromatic N) is 3. The maximum Gasteiger partial charge on any atom is 0.341 e. The number of nitrogens with one attached hydrogen (secondary N) is 1. The molecule has 1 aromatic carbocycles. The van der Waals surface area contributed by atoms with Crippen LogP contribution < -0.4 is 5.32 Å². The number of ether oxygens (including phenoxy) is 1. The number of rotatable bonds is 6. The van der Waals surface area contributed by atoms with Crippen molar-refractivity contribution in [3.63, 3.8) is 0 Å². The predicted molar refractivity (Wildman–Crippen MR) is 116 cm³/mol. The normalized spacial score (nSPS) is 15.1. The number of carbonyl (C=O) groups is 1. The second-order valence-corrected chi connectivity index (χ2v) is 7.30. The number of anilines is 1. The molecule has 0 saturated heterocycles. The van der Waals surface area contributed by atoms with Crippen molar-refractivity contribution in [2.45, 2.75) is 45.1 Å². The molecule has 0 bridgehead atoms. The molecule has 1 N–H and O–H groups in total. The first kappa shape index (κ1) is 19.2. The number of pyridine rings is 1. The maximum atomic E-state index is 12.5. The van der Waals surface area contributed by atoms with Crippen LogP contribution in [0.2, 0.25) is 0 Å². The Bertz CT molecular complexity index is 1000. The van der Waals surface area contributed by atoms with Gasteiger partial charge in [0.1, 0.15) is 5.56 Å². The third kappa shape index (κ3) is 4.31. The Morgan fingerprint density at radius 3 is 2.76 bits per heavy atom. The van der Waals surface area contributed by atoms with E-state index in [-0.39, 0.29) is 5.97 Å². The van der Waals surface area contributed by atoms with Crippen molar-refractivity contribution >= 4 is 35.0 Å². The largest absolute Gasteiger partial charge is 0.462 e. The van der Waals surface area contributed by atoms with Gasteiger partial charge in [-0.05, 0) is 31.4 Å². The van der Waals surface area contributed by atoms with E-state index in [1.165, 1.54) is 19.3 Å². The van der Waals surface area contributed by atoms with Crippen molar-refractivity contribution in [3.05, 3.63) is 53.9 Å². The molecule has 1 fully saturated rings. The van der Waals surface area contributed by atoms with Gasteiger partial charge in [-0.1, -0.05) is 49.6 Å². The smallest absolute Gasteiger partial charge is 0.341 e. The van der Waals surface area contributed by atoms with E-state index in [4.69, 9.17) is 4.74 Å². The first-order valence-corrected chi connectivity index (χ1v) is 10.3. The van der Waals surface area contributed by atoms with Gasteiger partial charge in [-0.2, -0.15) is 5.10 Å². The third-order valence-electron chi connectivity index (χ3n) is 5.28. The highest BCUT2D eigenvalue weighted by Gasteiger charge is 2.22. The van der Waals surface area contributed by atoms with Gasteiger partial charge in [0.25, 0.3) is 0 Å². The van der Waals surface area contributed by atoms with Crippen molar-refractivity contribution in [2.24, 2.45) is 0 Å². The van der Waals surface area contributed by atoms with Crippen LogP contribution in [0.25, 0.3) is 23.3 Å². The summed E-state index contributed by atoms with van der Waals surface area (Å²) in [5.74, 6) is -0.354. The summed E-state index contributed by atoms with van der Waals surface area (Å²) in [6.45, 7) is 2.14. The lowest BCUT2D eigenvalue weighted by atomic mass is 9.95. The van der Waals surface area contributed by atoms with E-state index in [0.29, 0.717) is 23.9 Å². The van der Waals surface area contributed by atoms with Crippen LogP contribution in [0, 0.1) is 0 Å². The zero-order chi connectivity index (χ0) is 20.1. The molecule has 0 radical (unpaired) electrons. The van der Waals surface area contributed by atoms with E-state index in [1.54, 1.807) is 17.1 Å². The maximum absolute atomic E-state index is 12.5. The lowest BCUT2D eigenvalue weighted by Crippen LogP contribution is -2.24. The van der Waals surface area contributed by atoms with Crippen LogP contribution in [0.3, 0.4) is 0 Å². The molecule has 0 aliphatic heterocycles. The number of carbonyl (C=O) groups excluding carboxylic acids is 1. The molecule has 4 rings (SSSR count). The van der Waals surface area contributed by atoms with E-state index in [9.17, 15) is 4.79 Å². The molecule has 3 aromatic rings. The fraction of sp³-hybridized carbons (Fsp3) is 0.348. The van der Waals surface area contributed by atoms with E-state index in [0.717, 1.165) is 29.5 Å². The minimum Gasteiger partial charge on any atom is -0.462 e. The van der Waals surface area contributed by atoms with Gasteiger partial charge in [-0.15, -0.1) is 0 Å². The van der Waals surface area contributed by atoms with Gasteiger partial charge >= 0.3 is 5.97 Å². The molecule has 2 aromatic heterocycles.